The zero-order valence-corrected chi connectivity index (χ0v) is 17.4. The lowest BCUT2D eigenvalue weighted by atomic mass is 9.86. The maximum absolute atomic E-state index is 14.4. The predicted molar refractivity (Wildman–Crippen MR) is 116 cm³/mol. The number of rotatable bonds is 4. The topological polar surface area (TPSA) is 55.2 Å². The Hall–Kier alpha value is -3.28. The van der Waals surface area contributed by atoms with Crippen LogP contribution in [0.25, 0.3) is 5.69 Å². The molecule has 1 fully saturated rings. The van der Waals surface area contributed by atoms with Gasteiger partial charge in [0.25, 0.3) is 5.91 Å². The fourth-order valence-corrected chi connectivity index (χ4v) is 4.62. The minimum atomic E-state index is -0.458. The number of carbonyl (C=O) groups is 1. The van der Waals surface area contributed by atoms with Crippen molar-refractivity contribution in [3.05, 3.63) is 93.2 Å². The van der Waals surface area contributed by atoms with Gasteiger partial charge in [0, 0.05) is 17.8 Å². The number of hydrogen-bond acceptors (Lipinski definition) is 3. The van der Waals surface area contributed by atoms with Gasteiger partial charge in [0.05, 0.1) is 6.04 Å². The lowest BCUT2D eigenvalue weighted by Crippen LogP contribution is -2.41. The first-order valence-corrected chi connectivity index (χ1v) is 10.8. The monoisotopic (exact) mass is 417 g/mol. The maximum atomic E-state index is 14.4. The molecule has 3 aromatic rings. The Morgan fingerprint density at radius 3 is 2.61 bits per heavy atom. The van der Waals surface area contributed by atoms with E-state index in [1.54, 1.807) is 25.1 Å². The van der Waals surface area contributed by atoms with E-state index in [-0.39, 0.29) is 29.4 Å². The van der Waals surface area contributed by atoms with E-state index in [1.807, 2.05) is 17.0 Å². The van der Waals surface area contributed by atoms with Crippen molar-refractivity contribution in [3.8, 4) is 5.69 Å². The van der Waals surface area contributed by atoms with Gasteiger partial charge in [-0.2, -0.15) is 5.10 Å². The highest BCUT2D eigenvalue weighted by Crippen LogP contribution is 2.41. The average molecular weight is 417 g/mol. The van der Waals surface area contributed by atoms with E-state index in [0.717, 1.165) is 37.7 Å². The Morgan fingerprint density at radius 2 is 1.84 bits per heavy atom. The van der Waals surface area contributed by atoms with E-state index in [4.69, 9.17) is 0 Å². The molecule has 0 spiro atoms. The fraction of sp³-hybridized carbons (Fsp3) is 0.320. The number of fused-ring (bicyclic) bond motifs is 1. The van der Waals surface area contributed by atoms with Gasteiger partial charge in [-0.15, -0.1) is 0 Å². The van der Waals surface area contributed by atoms with Gasteiger partial charge >= 0.3 is 0 Å². The van der Waals surface area contributed by atoms with Crippen LogP contribution in [-0.2, 0) is 6.42 Å². The molecular weight excluding hydrogens is 393 g/mol. The molecule has 31 heavy (non-hydrogen) atoms. The Bertz CT molecular complexity index is 1220. The van der Waals surface area contributed by atoms with Crippen LogP contribution in [0.15, 0.2) is 59.4 Å². The molecule has 2 aliphatic rings. The first kappa shape index (κ1) is 19.7. The quantitative estimate of drug-likeness (QED) is 0.634. The number of para-hydroxylation sites is 1. The van der Waals surface area contributed by atoms with Crippen LogP contribution < -0.4 is 5.43 Å². The summed E-state index contributed by atoms with van der Waals surface area (Å²) in [6.07, 6.45) is 4.73. The van der Waals surface area contributed by atoms with E-state index in [0.29, 0.717) is 5.69 Å². The van der Waals surface area contributed by atoms with E-state index < -0.39 is 11.2 Å². The largest absolute Gasteiger partial charge is 0.327 e. The second kappa shape index (κ2) is 7.76. The van der Waals surface area contributed by atoms with Crippen molar-refractivity contribution < 1.29 is 9.18 Å². The predicted octanol–water partition coefficient (Wildman–Crippen LogP) is 4.36. The third kappa shape index (κ3) is 3.56. The van der Waals surface area contributed by atoms with Gasteiger partial charge in [-0.1, -0.05) is 36.4 Å². The highest BCUT2D eigenvalue weighted by Gasteiger charge is 2.41. The molecule has 0 bridgehead atoms. The Morgan fingerprint density at radius 1 is 1.10 bits per heavy atom. The molecule has 0 saturated heterocycles. The molecule has 1 saturated carbocycles. The van der Waals surface area contributed by atoms with Crippen LogP contribution in [0.5, 0.6) is 0 Å². The average Bonchev–Trinajstić information content (AvgIpc) is 3.60. The molecule has 1 unspecified atom stereocenters. The van der Waals surface area contributed by atoms with Gasteiger partial charge in [0.1, 0.15) is 11.5 Å². The third-order valence-electron chi connectivity index (χ3n) is 6.24. The summed E-state index contributed by atoms with van der Waals surface area (Å²) in [7, 11) is 0. The van der Waals surface area contributed by atoms with Crippen LogP contribution >= 0.6 is 0 Å². The zero-order valence-electron chi connectivity index (χ0n) is 17.4. The maximum Gasteiger partial charge on any atom is 0.279 e. The van der Waals surface area contributed by atoms with Crippen molar-refractivity contribution in [2.24, 2.45) is 0 Å². The van der Waals surface area contributed by atoms with E-state index in [1.165, 1.54) is 22.4 Å². The van der Waals surface area contributed by atoms with Crippen LogP contribution in [0.1, 0.15) is 59.0 Å². The van der Waals surface area contributed by atoms with Crippen LogP contribution in [0.3, 0.4) is 0 Å². The summed E-state index contributed by atoms with van der Waals surface area (Å²) < 4.78 is 15.8. The van der Waals surface area contributed by atoms with Gasteiger partial charge in [-0.25, -0.2) is 9.07 Å². The van der Waals surface area contributed by atoms with Crippen LogP contribution in [0, 0.1) is 12.7 Å². The Kier molecular flexibility index (Phi) is 4.93. The first-order chi connectivity index (χ1) is 15.0. The third-order valence-corrected chi connectivity index (χ3v) is 6.24. The highest BCUT2D eigenvalue weighted by molar-refractivity contribution is 5.93. The van der Waals surface area contributed by atoms with Gasteiger partial charge in [-0.3, -0.25) is 9.59 Å². The van der Waals surface area contributed by atoms with Crippen molar-refractivity contribution in [1.29, 1.82) is 0 Å². The summed E-state index contributed by atoms with van der Waals surface area (Å²) in [5, 5.41) is 4.36. The van der Waals surface area contributed by atoms with E-state index >= 15 is 0 Å². The normalized spacial score (nSPS) is 17.8. The lowest BCUT2D eigenvalue weighted by molar-refractivity contribution is 0.0628. The number of amides is 1. The van der Waals surface area contributed by atoms with E-state index in [2.05, 4.69) is 17.2 Å². The minimum absolute atomic E-state index is 0.0608. The van der Waals surface area contributed by atoms with Crippen molar-refractivity contribution >= 4 is 5.91 Å². The van der Waals surface area contributed by atoms with Crippen molar-refractivity contribution in [2.75, 3.05) is 0 Å². The summed E-state index contributed by atoms with van der Waals surface area (Å²) in [5.41, 5.74) is 2.55. The summed E-state index contributed by atoms with van der Waals surface area (Å²) in [6, 6.07) is 15.9. The first-order valence-electron chi connectivity index (χ1n) is 10.8. The molecule has 1 atom stereocenters. The number of aromatic nitrogens is 2. The lowest BCUT2D eigenvalue weighted by Gasteiger charge is -2.36. The van der Waals surface area contributed by atoms with Crippen LogP contribution in [0.2, 0.25) is 0 Å². The van der Waals surface area contributed by atoms with Gasteiger partial charge in [0.15, 0.2) is 5.69 Å². The Labute approximate surface area is 180 Å². The molecule has 1 heterocycles. The smallest absolute Gasteiger partial charge is 0.279 e. The van der Waals surface area contributed by atoms with E-state index in [9.17, 15) is 14.0 Å². The summed E-state index contributed by atoms with van der Waals surface area (Å²) in [5.74, 6) is -0.820. The zero-order chi connectivity index (χ0) is 21.5. The SMILES string of the molecule is Cc1cc(=O)c(C(=O)N(C2CC2)C2CCCc3ccccc32)nn1-c1ccccc1F. The molecule has 0 N–H and O–H groups in total. The highest BCUT2D eigenvalue weighted by atomic mass is 19.1. The second-order valence-corrected chi connectivity index (χ2v) is 8.41. The fourth-order valence-electron chi connectivity index (χ4n) is 4.62. The van der Waals surface area contributed by atoms with Crippen molar-refractivity contribution in [3.63, 3.8) is 0 Å². The molecule has 5 nitrogen and oxygen atoms in total. The molecule has 2 aliphatic carbocycles. The van der Waals surface area contributed by atoms with Crippen LogP contribution in [-0.4, -0.2) is 26.6 Å². The summed E-state index contributed by atoms with van der Waals surface area (Å²) >= 11 is 0. The van der Waals surface area contributed by atoms with Crippen LogP contribution in [0.4, 0.5) is 4.39 Å². The molecule has 2 aromatic carbocycles. The summed E-state index contributed by atoms with van der Waals surface area (Å²) in [6.45, 7) is 1.69. The number of nitrogens with zero attached hydrogens (tertiary/aromatic N) is 3. The molecule has 5 rings (SSSR count). The minimum Gasteiger partial charge on any atom is -0.327 e. The molecule has 158 valence electrons. The second-order valence-electron chi connectivity index (χ2n) is 8.41. The standard InChI is InChI=1S/C25H24FN3O2/c1-16-15-23(30)24(27-29(16)22-11-5-4-10-20(22)26)25(31)28(18-13-14-18)21-12-6-8-17-7-2-3-9-19(17)21/h2-5,7,9-11,15,18,21H,6,8,12-14H2,1H3. The number of halogens is 1. The molecule has 1 aromatic heterocycles. The molecular formula is C25H24FN3O2. The van der Waals surface area contributed by atoms with Gasteiger partial charge in [0.2, 0.25) is 5.43 Å². The Balaban J connectivity index is 1.59. The molecule has 0 aliphatic heterocycles. The van der Waals surface area contributed by atoms with Gasteiger partial charge < -0.3 is 4.90 Å². The molecule has 1 amide bonds. The summed E-state index contributed by atoms with van der Waals surface area (Å²) in [4.78, 5) is 28.4. The number of hydrogen-bond donors (Lipinski definition) is 0. The van der Waals surface area contributed by atoms with Crippen molar-refractivity contribution in [1.82, 2.24) is 14.7 Å². The number of carbonyl (C=O) groups excluding carboxylic acids is 1. The molecule has 0 radical (unpaired) electrons. The number of benzene rings is 2. The van der Waals surface area contributed by atoms with Crippen molar-refractivity contribution in [2.45, 2.75) is 51.1 Å². The molecule has 6 heteroatoms. The number of aryl methyl sites for hydroxylation is 2. The van der Waals surface area contributed by atoms with Gasteiger partial charge in [-0.05, 0) is 62.3 Å².